The van der Waals surface area contributed by atoms with E-state index in [0.29, 0.717) is 38.2 Å². The summed E-state index contributed by atoms with van der Waals surface area (Å²) in [6.45, 7) is 0.184. The highest BCUT2D eigenvalue weighted by Gasteiger charge is 2.35. The normalized spacial score (nSPS) is 14.3. The van der Waals surface area contributed by atoms with Gasteiger partial charge in [-0.05, 0) is 53.7 Å². The van der Waals surface area contributed by atoms with E-state index in [1.165, 1.54) is 7.11 Å². The van der Waals surface area contributed by atoms with Gasteiger partial charge in [-0.25, -0.2) is 0 Å². The second kappa shape index (κ2) is 10.9. The van der Waals surface area contributed by atoms with Gasteiger partial charge in [-0.1, -0.05) is 53.5 Å². The van der Waals surface area contributed by atoms with E-state index in [4.69, 9.17) is 32.7 Å². The number of benzene rings is 3. The van der Waals surface area contributed by atoms with Gasteiger partial charge in [0.25, 0.3) is 11.1 Å². The Bertz CT molecular complexity index is 1360. The highest BCUT2D eigenvalue weighted by Crippen LogP contribution is 2.37. The molecule has 0 unspecified atom stereocenters. The lowest BCUT2D eigenvalue weighted by Crippen LogP contribution is -2.27. The minimum Gasteiger partial charge on any atom is -0.493 e. The summed E-state index contributed by atoms with van der Waals surface area (Å²) in [6, 6.07) is 19.5. The third-order valence-electron chi connectivity index (χ3n) is 5.26. The van der Waals surface area contributed by atoms with Crippen molar-refractivity contribution in [3.05, 3.63) is 97.9 Å². The van der Waals surface area contributed by atoms with Gasteiger partial charge < -0.3 is 9.47 Å². The number of amides is 2. The number of methoxy groups -OCH3 is 1. The van der Waals surface area contributed by atoms with Crippen LogP contribution >= 0.6 is 35.0 Å². The summed E-state index contributed by atoms with van der Waals surface area (Å²) < 4.78 is 11.3. The van der Waals surface area contributed by atoms with E-state index in [9.17, 15) is 14.9 Å². The maximum atomic E-state index is 12.9. The topological polar surface area (TPSA) is 79.6 Å². The fourth-order valence-corrected chi connectivity index (χ4v) is 4.79. The number of halogens is 2. The van der Waals surface area contributed by atoms with Gasteiger partial charge in [-0.15, -0.1) is 0 Å². The first kappa shape index (κ1) is 24.7. The van der Waals surface area contributed by atoms with Crippen molar-refractivity contribution in [2.24, 2.45) is 0 Å². The van der Waals surface area contributed by atoms with Crippen molar-refractivity contribution in [3.63, 3.8) is 0 Å². The predicted molar refractivity (Wildman–Crippen MR) is 136 cm³/mol. The van der Waals surface area contributed by atoms with Crippen LogP contribution in [0.5, 0.6) is 11.5 Å². The maximum absolute atomic E-state index is 12.9. The number of nitrogens with zero attached hydrogens (tertiary/aromatic N) is 2. The third kappa shape index (κ3) is 5.46. The van der Waals surface area contributed by atoms with E-state index in [-0.39, 0.29) is 18.1 Å². The molecule has 0 spiro atoms. The van der Waals surface area contributed by atoms with E-state index < -0.39 is 11.1 Å². The van der Waals surface area contributed by atoms with Crippen molar-refractivity contribution < 1.29 is 19.1 Å². The van der Waals surface area contributed by atoms with Crippen LogP contribution in [0, 0.1) is 11.3 Å². The summed E-state index contributed by atoms with van der Waals surface area (Å²) >= 11 is 13.3. The van der Waals surface area contributed by atoms with E-state index >= 15 is 0 Å². The zero-order valence-corrected chi connectivity index (χ0v) is 20.8. The lowest BCUT2D eigenvalue weighted by molar-refractivity contribution is -0.123. The maximum Gasteiger partial charge on any atom is 0.293 e. The Balaban J connectivity index is 1.52. The average Bonchev–Trinajstić information content (AvgIpc) is 3.12. The standard InChI is InChI=1S/C26H18Cl2N2O4S/c1-33-23-11-16(9-10-22(23)34-15-18-6-3-2-5-17(18)13-29)12-24-25(31)30(26(32)35-24)14-19-20(27)7-4-8-21(19)28/h2-12H,14-15H2,1H3. The lowest BCUT2D eigenvalue weighted by atomic mass is 10.1. The first-order valence-corrected chi connectivity index (χ1v) is 12.0. The number of carbonyl (C=O) groups is 2. The van der Waals surface area contributed by atoms with Crippen LogP contribution in [0.4, 0.5) is 4.79 Å². The van der Waals surface area contributed by atoms with Gasteiger partial charge in [-0.2, -0.15) is 5.26 Å². The molecule has 0 aliphatic carbocycles. The summed E-state index contributed by atoms with van der Waals surface area (Å²) in [7, 11) is 1.51. The van der Waals surface area contributed by atoms with Crippen LogP contribution in [0.1, 0.15) is 22.3 Å². The van der Waals surface area contributed by atoms with Crippen LogP contribution in [-0.2, 0) is 17.9 Å². The summed E-state index contributed by atoms with van der Waals surface area (Å²) in [5.74, 6) is 0.512. The number of hydrogen-bond donors (Lipinski definition) is 0. The molecular weight excluding hydrogens is 507 g/mol. The van der Waals surface area contributed by atoms with Crippen molar-refractivity contribution in [1.82, 2.24) is 4.90 Å². The zero-order valence-electron chi connectivity index (χ0n) is 18.5. The van der Waals surface area contributed by atoms with Crippen LogP contribution in [-0.4, -0.2) is 23.2 Å². The van der Waals surface area contributed by atoms with Gasteiger partial charge >= 0.3 is 0 Å². The van der Waals surface area contributed by atoms with Crippen LogP contribution in [0.25, 0.3) is 6.08 Å². The van der Waals surface area contributed by atoms with Gasteiger partial charge in [0.1, 0.15) is 6.61 Å². The zero-order chi connectivity index (χ0) is 24.9. The van der Waals surface area contributed by atoms with Crippen LogP contribution in [0.3, 0.4) is 0 Å². The predicted octanol–water partition coefficient (Wildman–Crippen LogP) is 6.69. The molecule has 2 amide bonds. The third-order valence-corrected chi connectivity index (χ3v) is 6.87. The number of carbonyl (C=O) groups excluding carboxylic acids is 2. The van der Waals surface area contributed by atoms with Gasteiger partial charge in [0, 0.05) is 21.2 Å². The second-order valence-electron chi connectivity index (χ2n) is 7.44. The van der Waals surface area contributed by atoms with Gasteiger partial charge in [-0.3, -0.25) is 14.5 Å². The Morgan fingerprint density at radius 2 is 1.77 bits per heavy atom. The lowest BCUT2D eigenvalue weighted by Gasteiger charge is -2.14. The van der Waals surface area contributed by atoms with Crippen LogP contribution in [0.2, 0.25) is 10.0 Å². The minimum atomic E-state index is -0.427. The molecule has 0 atom stereocenters. The molecule has 0 aromatic heterocycles. The fraction of sp³-hybridized carbons (Fsp3) is 0.115. The number of ether oxygens (including phenoxy) is 2. The molecule has 0 N–H and O–H groups in total. The van der Waals surface area contributed by atoms with Crippen molar-refractivity contribution in [1.29, 1.82) is 5.26 Å². The van der Waals surface area contributed by atoms with Crippen molar-refractivity contribution >= 4 is 52.2 Å². The van der Waals surface area contributed by atoms with Crippen molar-refractivity contribution in [3.8, 4) is 17.6 Å². The Kier molecular flexibility index (Phi) is 7.67. The van der Waals surface area contributed by atoms with Crippen molar-refractivity contribution in [2.45, 2.75) is 13.2 Å². The molecule has 0 bridgehead atoms. The first-order valence-electron chi connectivity index (χ1n) is 10.4. The van der Waals surface area contributed by atoms with Gasteiger partial charge in [0.05, 0.1) is 30.2 Å². The first-order chi connectivity index (χ1) is 16.9. The summed E-state index contributed by atoms with van der Waals surface area (Å²) in [6.07, 6.45) is 1.62. The molecule has 3 aromatic carbocycles. The second-order valence-corrected chi connectivity index (χ2v) is 9.24. The Hall–Kier alpha value is -3.44. The Labute approximate surface area is 216 Å². The van der Waals surface area contributed by atoms with Crippen molar-refractivity contribution in [2.75, 3.05) is 7.11 Å². The Morgan fingerprint density at radius 1 is 1.03 bits per heavy atom. The number of thioether (sulfide) groups is 1. The molecule has 1 saturated heterocycles. The molecule has 4 rings (SSSR count). The molecule has 1 aliphatic heterocycles. The molecule has 6 nitrogen and oxygen atoms in total. The number of nitriles is 1. The molecule has 3 aromatic rings. The quantitative estimate of drug-likeness (QED) is 0.320. The largest absolute Gasteiger partial charge is 0.493 e. The molecule has 0 saturated carbocycles. The SMILES string of the molecule is COc1cc(C=C2SC(=O)N(Cc3c(Cl)cccc3Cl)C2=O)ccc1OCc1ccccc1C#N. The summed E-state index contributed by atoms with van der Waals surface area (Å²) in [5, 5.41) is 9.62. The molecule has 176 valence electrons. The highest BCUT2D eigenvalue weighted by molar-refractivity contribution is 8.18. The fourth-order valence-electron chi connectivity index (χ4n) is 3.43. The number of imide groups is 1. The molecule has 0 radical (unpaired) electrons. The average molecular weight is 525 g/mol. The molecule has 35 heavy (non-hydrogen) atoms. The smallest absolute Gasteiger partial charge is 0.293 e. The van der Waals surface area contributed by atoms with E-state index in [0.717, 1.165) is 22.2 Å². The molecular formula is C26H18Cl2N2O4S. The van der Waals surface area contributed by atoms with Gasteiger partial charge in [0.15, 0.2) is 11.5 Å². The molecule has 1 heterocycles. The number of rotatable bonds is 7. The summed E-state index contributed by atoms with van der Waals surface area (Å²) in [4.78, 5) is 26.9. The summed E-state index contributed by atoms with van der Waals surface area (Å²) in [5.41, 5.74) is 2.47. The Morgan fingerprint density at radius 3 is 2.49 bits per heavy atom. The van der Waals surface area contributed by atoms with E-state index in [2.05, 4.69) is 6.07 Å². The van der Waals surface area contributed by atoms with E-state index in [1.54, 1.807) is 54.6 Å². The minimum absolute atomic E-state index is 0.0131. The monoisotopic (exact) mass is 524 g/mol. The molecule has 1 aliphatic rings. The van der Waals surface area contributed by atoms with Crippen LogP contribution in [0.15, 0.2) is 65.6 Å². The van der Waals surface area contributed by atoms with Gasteiger partial charge in [0.2, 0.25) is 0 Å². The molecule has 1 fully saturated rings. The van der Waals surface area contributed by atoms with Crippen LogP contribution < -0.4 is 9.47 Å². The highest BCUT2D eigenvalue weighted by atomic mass is 35.5. The number of hydrogen-bond acceptors (Lipinski definition) is 6. The van der Waals surface area contributed by atoms with E-state index in [1.807, 2.05) is 12.1 Å². The molecule has 9 heteroatoms.